The summed E-state index contributed by atoms with van der Waals surface area (Å²) in [5.41, 5.74) is 2.18. The van der Waals surface area contributed by atoms with Crippen LogP contribution in [0, 0.1) is 0 Å². The zero-order valence-electron chi connectivity index (χ0n) is 18.0. The van der Waals surface area contributed by atoms with E-state index in [1.54, 1.807) is 37.4 Å². The highest BCUT2D eigenvalue weighted by Crippen LogP contribution is 2.35. The van der Waals surface area contributed by atoms with E-state index in [2.05, 4.69) is 25.9 Å². The Labute approximate surface area is 196 Å². The number of fused-ring (bicyclic) bond motifs is 1. The summed E-state index contributed by atoms with van der Waals surface area (Å²) in [4.78, 5) is 20.8. The van der Waals surface area contributed by atoms with Crippen LogP contribution < -0.4 is 20.7 Å². The average Bonchev–Trinajstić information content (AvgIpc) is 2.80. The van der Waals surface area contributed by atoms with Crippen LogP contribution in [0.1, 0.15) is 22.3 Å². The first-order valence-electron chi connectivity index (χ1n) is 10.1. The minimum Gasteiger partial charge on any atom is -0.495 e. The zero-order valence-corrected chi connectivity index (χ0v) is 19.5. The molecule has 1 aliphatic rings. The number of amides is 1. The topological polar surface area (TPSA) is 122 Å². The van der Waals surface area contributed by atoms with Crippen molar-refractivity contribution in [3.63, 3.8) is 0 Å². The first-order chi connectivity index (χ1) is 15.8. The molecule has 3 N–H and O–H groups in total. The number of anilines is 4. The predicted octanol–water partition coefficient (Wildman–Crippen LogP) is 3.71. The van der Waals surface area contributed by atoms with Gasteiger partial charge in [-0.25, -0.2) is 13.4 Å². The van der Waals surface area contributed by atoms with Crippen LogP contribution in [-0.2, 0) is 16.3 Å². The second-order valence-corrected chi connectivity index (χ2v) is 9.80. The minimum atomic E-state index is -3.40. The maximum absolute atomic E-state index is 12.7. The molecule has 0 bridgehead atoms. The molecule has 1 aliphatic heterocycles. The van der Waals surface area contributed by atoms with Gasteiger partial charge in [-0.2, -0.15) is 4.98 Å². The van der Waals surface area contributed by atoms with E-state index >= 15 is 0 Å². The average molecular weight is 488 g/mol. The Morgan fingerprint density at radius 3 is 2.73 bits per heavy atom. The lowest BCUT2D eigenvalue weighted by Crippen LogP contribution is -2.18. The molecule has 9 nitrogen and oxygen atoms in total. The molecule has 0 unspecified atom stereocenters. The van der Waals surface area contributed by atoms with Gasteiger partial charge >= 0.3 is 0 Å². The Morgan fingerprint density at radius 2 is 1.97 bits per heavy atom. The third-order valence-corrected chi connectivity index (χ3v) is 7.41. The van der Waals surface area contributed by atoms with Gasteiger partial charge < -0.3 is 20.7 Å². The van der Waals surface area contributed by atoms with Gasteiger partial charge in [0, 0.05) is 12.6 Å². The van der Waals surface area contributed by atoms with Gasteiger partial charge in [-0.05, 0) is 42.7 Å². The molecule has 0 spiro atoms. The highest BCUT2D eigenvalue weighted by molar-refractivity contribution is 7.91. The van der Waals surface area contributed by atoms with Gasteiger partial charge in [0.25, 0.3) is 5.91 Å². The largest absolute Gasteiger partial charge is 0.495 e. The number of nitrogens with zero attached hydrogens (tertiary/aromatic N) is 2. The molecule has 4 rings (SSSR count). The number of hydrogen-bond acceptors (Lipinski definition) is 8. The number of carbonyl (C=O) groups is 1. The molecule has 1 aromatic heterocycles. The summed E-state index contributed by atoms with van der Waals surface area (Å²) in [5, 5.41) is 8.89. The summed E-state index contributed by atoms with van der Waals surface area (Å²) in [5.74, 6) is 0.752. The van der Waals surface area contributed by atoms with Crippen molar-refractivity contribution in [1.29, 1.82) is 0 Å². The van der Waals surface area contributed by atoms with Crippen LogP contribution in [0.2, 0.25) is 5.02 Å². The molecule has 1 amide bonds. The number of aromatic nitrogens is 2. The normalized spacial score (nSPS) is 14.2. The van der Waals surface area contributed by atoms with Crippen molar-refractivity contribution in [2.24, 2.45) is 0 Å². The quantitative estimate of drug-likeness (QED) is 0.481. The van der Waals surface area contributed by atoms with Crippen LogP contribution in [0.5, 0.6) is 5.75 Å². The highest BCUT2D eigenvalue weighted by atomic mass is 35.5. The molecule has 11 heteroatoms. The number of methoxy groups -OCH3 is 1. The van der Waals surface area contributed by atoms with Crippen molar-refractivity contribution in [2.45, 2.75) is 17.7 Å². The minimum absolute atomic E-state index is 0.106. The molecule has 172 valence electrons. The van der Waals surface area contributed by atoms with E-state index in [1.807, 2.05) is 6.07 Å². The Kier molecular flexibility index (Phi) is 6.39. The smallest absolute Gasteiger partial charge is 0.251 e. The standard InChI is InChI=1S/C22H22ClN5O4S/c1-24-21(29)14-8-9-16(18(11-14)32-2)27-22-25-12-15(23)20(28-22)26-17-7-3-5-13-6-4-10-33(30,31)19(13)17/h3,5,7-9,11-12H,4,6,10H2,1-2H3,(H,24,29)(H2,25,26,27,28). The van der Waals surface area contributed by atoms with Crippen molar-refractivity contribution in [1.82, 2.24) is 15.3 Å². The molecular weight excluding hydrogens is 466 g/mol. The van der Waals surface area contributed by atoms with E-state index in [4.69, 9.17) is 16.3 Å². The highest BCUT2D eigenvalue weighted by Gasteiger charge is 2.27. The summed E-state index contributed by atoms with van der Waals surface area (Å²) < 4.78 is 30.7. The van der Waals surface area contributed by atoms with E-state index in [9.17, 15) is 13.2 Å². The van der Waals surface area contributed by atoms with Gasteiger partial charge in [0.05, 0.1) is 35.3 Å². The van der Waals surface area contributed by atoms with Crippen LogP contribution in [0.15, 0.2) is 47.5 Å². The van der Waals surface area contributed by atoms with Crippen LogP contribution in [-0.4, -0.2) is 44.2 Å². The lowest BCUT2D eigenvalue weighted by atomic mass is 10.1. The van der Waals surface area contributed by atoms with Crippen molar-refractivity contribution >= 4 is 50.5 Å². The van der Waals surface area contributed by atoms with Crippen LogP contribution >= 0.6 is 11.6 Å². The molecule has 3 aromatic rings. The lowest BCUT2D eigenvalue weighted by molar-refractivity contribution is 0.0962. The van der Waals surface area contributed by atoms with E-state index in [0.29, 0.717) is 35.5 Å². The number of benzene rings is 2. The van der Waals surface area contributed by atoms with Crippen LogP contribution in [0.25, 0.3) is 0 Å². The monoisotopic (exact) mass is 487 g/mol. The molecule has 0 fully saturated rings. The van der Waals surface area contributed by atoms with E-state index < -0.39 is 9.84 Å². The number of nitrogens with one attached hydrogen (secondary N) is 3. The number of rotatable bonds is 6. The number of aryl methyl sites for hydroxylation is 1. The summed E-state index contributed by atoms with van der Waals surface area (Å²) in [6.45, 7) is 0. The third-order valence-electron chi connectivity index (χ3n) is 5.20. The van der Waals surface area contributed by atoms with E-state index in [-0.39, 0.29) is 33.3 Å². The van der Waals surface area contributed by atoms with E-state index in [1.165, 1.54) is 13.3 Å². The molecule has 0 radical (unpaired) electrons. The van der Waals surface area contributed by atoms with Crippen molar-refractivity contribution in [3.8, 4) is 5.75 Å². The maximum atomic E-state index is 12.7. The van der Waals surface area contributed by atoms with Gasteiger partial charge in [-0.3, -0.25) is 4.79 Å². The first kappa shape index (κ1) is 22.8. The molecular formula is C22H22ClN5O4S. The van der Waals surface area contributed by atoms with Gasteiger partial charge in [-0.15, -0.1) is 0 Å². The van der Waals surface area contributed by atoms with Gasteiger partial charge in [-0.1, -0.05) is 23.7 Å². The fourth-order valence-electron chi connectivity index (χ4n) is 3.65. The van der Waals surface area contributed by atoms with Gasteiger partial charge in [0.1, 0.15) is 10.8 Å². The van der Waals surface area contributed by atoms with Crippen molar-refractivity contribution < 1.29 is 17.9 Å². The number of carbonyl (C=O) groups excluding carboxylic acids is 1. The molecule has 33 heavy (non-hydrogen) atoms. The molecule has 0 saturated carbocycles. The van der Waals surface area contributed by atoms with Crippen molar-refractivity contribution in [3.05, 3.63) is 58.7 Å². The van der Waals surface area contributed by atoms with Crippen LogP contribution in [0.3, 0.4) is 0 Å². The van der Waals surface area contributed by atoms with E-state index in [0.717, 1.165) is 5.56 Å². The number of halogens is 1. The molecule has 0 aliphatic carbocycles. The SMILES string of the molecule is CNC(=O)c1ccc(Nc2ncc(Cl)c(Nc3cccc4c3S(=O)(=O)CCC4)n2)c(OC)c1. The van der Waals surface area contributed by atoms with Gasteiger partial charge in [0.15, 0.2) is 15.7 Å². The summed E-state index contributed by atoms with van der Waals surface area (Å²) >= 11 is 6.30. The maximum Gasteiger partial charge on any atom is 0.251 e. The van der Waals surface area contributed by atoms with Crippen molar-refractivity contribution in [2.75, 3.05) is 30.5 Å². The Balaban J connectivity index is 1.65. The fourth-order valence-corrected chi connectivity index (χ4v) is 5.54. The Hall–Kier alpha value is -3.37. The Morgan fingerprint density at radius 1 is 1.15 bits per heavy atom. The lowest BCUT2D eigenvalue weighted by Gasteiger charge is -2.20. The first-order valence-corrected chi connectivity index (χ1v) is 12.2. The zero-order chi connectivity index (χ0) is 23.6. The predicted molar refractivity (Wildman–Crippen MR) is 127 cm³/mol. The molecule has 2 aromatic carbocycles. The summed E-state index contributed by atoms with van der Waals surface area (Å²) in [6, 6.07) is 10.2. The Bertz CT molecular complexity index is 1330. The summed E-state index contributed by atoms with van der Waals surface area (Å²) in [6.07, 6.45) is 2.70. The fraction of sp³-hybridized carbons (Fsp3) is 0.227. The second-order valence-electron chi connectivity index (χ2n) is 7.35. The number of hydrogen-bond donors (Lipinski definition) is 3. The third kappa shape index (κ3) is 4.71. The number of ether oxygens (including phenoxy) is 1. The second kappa shape index (κ2) is 9.24. The summed E-state index contributed by atoms with van der Waals surface area (Å²) in [7, 11) is -0.364. The molecule has 2 heterocycles. The molecule has 0 atom stereocenters. The number of sulfone groups is 1. The molecule has 0 saturated heterocycles. The van der Waals surface area contributed by atoms with Crippen LogP contribution in [0.4, 0.5) is 23.1 Å². The van der Waals surface area contributed by atoms with Gasteiger partial charge in [0.2, 0.25) is 5.95 Å².